The molecule has 27 heavy (non-hydrogen) atoms. The van der Waals surface area contributed by atoms with Crippen LogP contribution in [0, 0.1) is 5.92 Å². The summed E-state index contributed by atoms with van der Waals surface area (Å²) in [5.74, 6) is -0.360. The molecule has 1 atom stereocenters. The van der Waals surface area contributed by atoms with Crippen molar-refractivity contribution in [3.63, 3.8) is 0 Å². The summed E-state index contributed by atoms with van der Waals surface area (Å²) in [5, 5.41) is 5.93. The predicted octanol–water partition coefficient (Wildman–Crippen LogP) is 1.83. The molecule has 4 amide bonds. The summed E-state index contributed by atoms with van der Waals surface area (Å²) >= 11 is 0. The number of nitrogens with zero attached hydrogens (tertiary/aromatic N) is 2. The molecule has 0 radical (unpaired) electrons. The predicted molar refractivity (Wildman–Crippen MR) is 103 cm³/mol. The molecule has 0 aliphatic carbocycles. The van der Waals surface area contributed by atoms with E-state index in [9.17, 15) is 14.4 Å². The summed E-state index contributed by atoms with van der Waals surface area (Å²) in [4.78, 5) is 40.1. The molecule has 2 aliphatic heterocycles. The van der Waals surface area contributed by atoms with Crippen molar-refractivity contribution in [2.24, 2.45) is 5.92 Å². The van der Waals surface area contributed by atoms with Crippen molar-refractivity contribution in [3.05, 3.63) is 43.0 Å². The minimum atomic E-state index is -0.295. The zero-order valence-electron chi connectivity index (χ0n) is 15.4. The Morgan fingerprint density at radius 2 is 1.89 bits per heavy atom. The number of carbonyl (C=O) groups is 3. The first-order valence-corrected chi connectivity index (χ1v) is 9.37. The fraction of sp³-hybridized carbons (Fsp3) is 0.450. The number of anilines is 1. The minimum absolute atomic E-state index is 0.00227. The lowest BCUT2D eigenvalue weighted by Gasteiger charge is -2.32. The van der Waals surface area contributed by atoms with Gasteiger partial charge in [0, 0.05) is 44.3 Å². The molecular weight excluding hydrogens is 344 g/mol. The van der Waals surface area contributed by atoms with E-state index in [0.717, 1.165) is 5.69 Å². The number of para-hydroxylation sites is 1. The zero-order valence-corrected chi connectivity index (χ0v) is 15.4. The SMILES string of the molecule is C=CCN1CC(C(=O)NC2CCN(C(=O)Nc3ccccc3)CC2)CC1=O. The Kier molecular flexibility index (Phi) is 6.11. The first kappa shape index (κ1) is 18.9. The van der Waals surface area contributed by atoms with Crippen LogP contribution in [-0.2, 0) is 9.59 Å². The second-order valence-electron chi connectivity index (χ2n) is 7.05. The lowest BCUT2D eigenvalue weighted by atomic mass is 10.0. The van der Waals surface area contributed by atoms with Gasteiger partial charge in [-0.05, 0) is 25.0 Å². The van der Waals surface area contributed by atoms with E-state index in [4.69, 9.17) is 0 Å². The van der Waals surface area contributed by atoms with Gasteiger partial charge >= 0.3 is 6.03 Å². The highest BCUT2D eigenvalue weighted by Gasteiger charge is 2.35. The highest BCUT2D eigenvalue weighted by molar-refractivity contribution is 5.90. The number of carbonyl (C=O) groups excluding carboxylic acids is 3. The molecular formula is C20H26N4O3. The van der Waals surface area contributed by atoms with Gasteiger partial charge in [0.2, 0.25) is 11.8 Å². The standard InChI is InChI=1S/C20H26N4O3/c1-2-10-24-14-15(13-18(24)25)19(26)21-17-8-11-23(12-9-17)20(27)22-16-6-4-3-5-7-16/h2-7,15,17H,1,8-14H2,(H,21,26)(H,22,27). The van der Waals surface area contributed by atoms with E-state index in [2.05, 4.69) is 17.2 Å². The van der Waals surface area contributed by atoms with Gasteiger partial charge in [0.25, 0.3) is 0 Å². The van der Waals surface area contributed by atoms with E-state index in [1.165, 1.54) is 0 Å². The molecule has 7 nitrogen and oxygen atoms in total. The van der Waals surface area contributed by atoms with Crippen molar-refractivity contribution >= 4 is 23.5 Å². The summed E-state index contributed by atoms with van der Waals surface area (Å²) < 4.78 is 0. The summed E-state index contributed by atoms with van der Waals surface area (Å²) in [6.45, 7) is 5.76. The van der Waals surface area contributed by atoms with Crippen molar-refractivity contribution < 1.29 is 14.4 Å². The number of nitrogens with one attached hydrogen (secondary N) is 2. The van der Waals surface area contributed by atoms with Gasteiger partial charge in [-0.2, -0.15) is 0 Å². The first-order valence-electron chi connectivity index (χ1n) is 9.37. The van der Waals surface area contributed by atoms with E-state index in [0.29, 0.717) is 39.0 Å². The molecule has 0 aromatic heterocycles. The second kappa shape index (κ2) is 8.70. The molecule has 1 unspecified atom stereocenters. The van der Waals surface area contributed by atoms with Crippen LogP contribution in [0.3, 0.4) is 0 Å². The largest absolute Gasteiger partial charge is 0.353 e. The van der Waals surface area contributed by atoms with Crippen LogP contribution in [0.5, 0.6) is 0 Å². The van der Waals surface area contributed by atoms with Crippen molar-refractivity contribution in [2.45, 2.75) is 25.3 Å². The molecule has 3 rings (SSSR count). The Balaban J connectivity index is 1.43. The number of urea groups is 1. The van der Waals surface area contributed by atoms with E-state index in [1.807, 2.05) is 30.3 Å². The molecule has 7 heteroatoms. The van der Waals surface area contributed by atoms with Crippen LogP contribution in [-0.4, -0.2) is 59.9 Å². The number of benzene rings is 1. The maximum absolute atomic E-state index is 12.5. The van der Waals surface area contributed by atoms with Gasteiger partial charge in [-0.1, -0.05) is 24.3 Å². The highest BCUT2D eigenvalue weighted by Crippen LogP contribution is 2.19. The van der Waals surface area contributed by atoms with Crippen molar-refractivity contribution in [2.75, 3.05) is 31.5 Å². The topological polar surface area (TPSA) is 81.8 Å². The van der Waals surface area contributed by atoms with Crippen molar-refractivity contribution in [1.29, 1.82) is 0 Å². The molecule has 0 spiro atoms. The third-order valence-electron chi connectivity index (χ3n) is 5.09. The maximum atomic E-state index is 12.5. The van der Waals surface area contributed by atoms with Gasteiger partial charge in [0.15, 0.2) is 0 Å². The van der Waals surface area contributed by atoms with Crippen LogP contribution in [0.1, 0.15) is 19.3 Å². The molecule has 1 aromatic rings. The van der Waals surface area contributed by atoms with E-state index in [-0.39, 0.29) is 36.2 Å². The Morgan fingerprint density at radius 3 is 2.56 bits per heavy atom. The van der Waals surface area contributed by atoms with Crippen LogP contribution < -0.4 is 10.6 Å². The van der Waals surface area contributed by atoms with Crippen molar-refractivity contribution in [3.8, 4) is 0 Å². The Morgan fingerprint density at radius 1 is 1.19 bits per heavy atom. The van der Waals surface area contributed by atoms with E-state index in [1.54, 1.807) is 15.9 Å². The Bertz CT molecular complexity index is 698. The molecule has 2 fully saturated rings. The third kappa shape index (κ3) is 4.87. The monoisotopic (exact) mass is 370 g/mol. The molecule has 144 valence electrons. The molecule has 2 aliphatic rings. The Hall–Kier alpha value is -2.83. The number of rotatable bonds is 5. The van der Waals surface area contributed by atoms with Gasteiger partial charge in [-0.15, -0.1) is 6.58 Å². The lowest BCUT2D eigenvalue weighted by molar-refractivity contribution is -0.129. The van der Waals surface area contributed by atoms with Gasteiger partial charge in [-0.25, -0.2) is 4.79 Å². The second-order valence-corrected chi connectivity index (χ2v) is 7.05. The number of hydrogen-bond acceptors (Lipinski definition) is 3. The highest BCUT2D eigenvalue weighted by atomic mass is 16.2. The summed E-state index contributed by atoms with van der Waals surface area (Å²) in [6.07, 6.45) is 3.36. The van der Waals surface area contributed by atoms with Crippen LogP contribution in [0.15, 0.2) is 43.0 Å². The van der Waals surface area contributed by atoms with Crippen LogP contribution in [0.4, 0.5) is 10.5 Å². The van der Waals surface area contributed by atoms with E-state index >= 15 is 0 Å². The molecule has 2 saturated heterocycles. The van der Waals surface area contributed by atoms with Crippen LogP contribution in [0.2, 0.25) is 0 Å². The first-order chi connectivity index (χ1) is 13.1. The fourth-order valence-corrected chi connectivity index (χ4v) is 3.55. The van der Waals surface area contributed by atoms with Crippen molar-refractivity contribution in [1.82, 2.24) is 15.1 Å². The maximum Gasteiger partial charge on any atom is 0.321 e. The van der Waals surface area contributed by atoms with Crippen LogP contribution in [0.25, 0.3) is 0 Å². The lowest BCUT2D eigenvalue weighted by Crippen LogP contribution is -2.49. The fourth-order valence-electron chi connectivity index (χ4n) is 3.55. The number of hydrogen-bond donors (Lipinski definition) is 2. The van der Waals surface area contributed by atoms with Gasteiger partial charge in [0.05, 0.1) is 5.92 Å². The Labute approximate surface area is 159 Å². The average Bonchev–Trinajstić information content (AvgIpc) is 3.04. The minimum Gasteiger partial charge on any atom is -0.353 e. The summed E-state index contributed by atoms with van der Waals surface area (Å²) in [7, 11) is 0. The quantitative estimate of drug-likeness (QED) is 0.776. The number of piperidine rings is 1. The van der Waals surface area contributed by atoms with Crippen LogP contribution >= 0.6 is 0 Å². The van der Waals surface area contributed by atoms with E-state index < -0.39 is 0 Å². The summed E-state index contributed by atoms with van der Waals surface area (Å²) in [5.41, 5.74) is 0.771. The van der Waals surface area contributed by atoms with Gasteiger partial charge in [-0.3, -0.25) is 9.59 Å². The smallest absolute Gasteiger partial charge is 0.321 e. The molecule has 0 saturated carbocycles. The third-order valence-corrected chi connectivity index (χ3v) is 5.09. The van der Waals surface area contributed by atoms with Gasteiger partial charge < -0.3 is 20.4 Å². The molecule has 2 heterocycles. The molecule has 2 N–H and O–H groups in total. The average molecular weight is 370 g/mol. The zero-order chi connectivity index (χ0) is 19.2. The number of amides is 4. The molecule has 1 aromatic carbocycles. The molecule has 0 bridgehead atoms. The number of likely N-dealkylation sites (tertiary alicyclic amines) is 2. The normalized spacial score (nSPS) is 20.4. The summed E-state index contributed by atoms with van der Waals surface area (Å²) in [6, 6.07) is 9.28. The van der Waals surface area contributed by atoms with Gasteiger partial charge in [0.1, 0.15) is 0 Å².